The molecule has 0 radical (unpaired) electrons. The first kappa shape index (κ1) is 13.5. The quantitative estimate of drug-likeness (QED) is 0.863. The Morgan fingerprint density at radius 2 is 2.00 bits per heavy atom. The van der Waals surface area contributed by atoms with Crippen molar-refractivity contribution in [1.29, 1.82) is 0 Å². The molecule has 19 heavy (non-hydrogen) atoms. The van der Waals surface area contributed by atoms with Gasteiger partial charge in [-0.2, -0.15) is 0 Å². The number of nitrogens with one attached hydrogen (secondary N) is 1. The van der Waals surface area contributed by atoms with E-state index in [0.29, 0.717) is 6.54 Å². The molecule has 0 fully saturated rings. The lowest BCUT2D eigenvalue weighted by Crippen LogP contribution is -2.31. The highest BCUT2D eigenvalue weighted by atomic mass is 16.3. The Morgan fingerprint density at radius 1 is 1.21 bits per heavy atom. The largest absolute Gasteiger partial charge is 0.460 e. The molecule has 0 saturated heterocycles. The van der Waals surface area contributed by atoms with E-state index in [9.17, 15) is 0 Å². The summed E-state index contributed by atoms with van der Waals surface area (Å²) in [5.74, 6) is 2.34. The number of hydrogen-bond donors (Lipinski definition) is 2. The van der Waals surface area contributed by atoms with Gasteiger partial charge in [0.15, 0.2) is 5.76 Å². The average molecular weight is 260 g/mol. The Bertz CT molecular complexity index is 531. The van der Waals surface area contributed by atoms with Gasteiger partial charge >= 0.3 is 0 Å². The van der Waals surface area contributed by atoms with Gasteiger partial charge in [-0.15, -0.1) is 10.2 Å². The van der Waals surface area contributed by atoms with Gasteiger partial charge in [-0.25, -0.2) is 0 Å². The summed E-state index contributed by atoms with van der Waals surface area (Å²) >= 11 is 0. The van der Waals surface area contributed by atoms with Gasteiger partial charge in [-0.05, 0) is 43.1 Å². The zero-order chi connectivity index (χ0) is 13.9. The molecule has 2 heterocycles. The normalized spacial score (nSPS) is 11.6. The molecule has 0 bridgehead atoms. The average Bonchev–Trinajstić information content (AvgIpc) is 2.84. The zero-order valence-electron chi connectivity index (χ0n) is 11.6. The minimum Gasteiger partial charge on any atom is -0.460 e. The van der Waals surface area contributed by atoms with E-state index in [1.54, 1.807) is 0 Å². The number of hydrogen-bond acceptors (Lipinski definition) is 5. The van der Waals surface area contributed by atoms with Crippen molar-refractivity contribution >= 4 is 5.82 Å². The minimum atomic E-state index is 0.0402. The second kappa shape index (κ2) is 5.40. The SMILES string of the molecule is Cc1ccc(-c2ccc(NCC(C)(C)CN)nn2)o1. The molecule has 0 aromatic carbocycles. The second-order valence-corrected chi connectivity index (χ2v) is 5.44. The smallest absolute Gasteiger partial charge is 0.154 e. The van der Waals surface area contributed by atoms with Crippen LogP contribution >= 0.6 is 0 Å². The van der Waals surface area contributed by atoms with Gasteiger partial charge in [-0.1, -0.05) is 13.8 Å². The highest BCUT2D eigenvalue weighted by Gasteiger charge is 2.15. The first-order valence-electron chi connectivity index (χ1n) is 6.35. The molecule has 0 amide bonds. The fourth-order valence-electron chi connectivity index (χ4n) is 1.53. The van der Waals surface area contributed by atoms with Crippen LogP contribution in [0.1, 0.15) is 19.6 Å². The fraction of sp³-hybridized carbons (Fsp3) is 0.429. The monoisotopic (exact) mass is 260 g/mol. The van der Waals surface area contributed by atoms with Crippen LogP contribution in [-0.4, -0.2) is 23.3 Å². The lowest BCUT2D eigenvalue weighted by Gasteiger charge is -2.22. The van der Waals surface area contributed by atoms with Gasteiger partial charge in [0, 0.05) is 6.54 Å². The first-order valence-corrected chi connectivity index (χ1v) is 6.35. The van der Waals surface area contributed by atoms with Crippen LogP contribution in [0.15, 0.2) is 28.7 Å². The van der Waals surface area contributed by atoms with E-state index in [4.69, 9.17) is 10.2 Å². The molecule has 5 heteroatoms. The Kier molecular flexibility index (Phi) is 3.85. The third-order valence-electron chi connectivity index (χ3n) is 2.96. The maximum absolute atomic E-state index is 5.68. The maximum atomic E-state index is 5.68. The van der Waals surface area contributed by atoms with Crippen molar-refractivity contribution in [2.75, 3.05) is 18.4 Å². The molecule has 5 nitrogen and oxygen atoms in total. The van der Waals surface area contributed by atoms with Crippen molar-refractivity contribution < 1.29 is 4.42 Å². The molecule has 0 spiro atoms. The Balaban J connectivity index is 2.03. The summed E-state index contributed by atoms with van der Waals surface area (Å²) < 4.78 is 5.50. The van der Waals surface area contributed by atoms with E-state index in [2.05, 4.69) is 29.4 Å². The molecule has 0 saturated carbocycles. The third kappa shape index (κ3) is 3.54. The third-order valence-corrected chi connectivity index (χ3v) is 2.96. The molecule has 2 aromatic heterocycles. The predicted molar refractivity (Wildman–Crippen MR) is 75.8 cm³/mol. The van der Waals surface area contributed by atoms with E-state index in [-0.39, 0.29) is 5.41 Å². The maximum Gasteiger partial charge on any atom is 0.154 e. The summed E-state index contributed by atoms with van der Waals surface area (Å²) in [5, 5.41) is 11.5. The molecular formula is C14H20N4O. The van der Waals surface area contributed by atoms with Crippen LogP contribution in [0.2, 0.25) is 0 Å². The molecule has 0 aliphatic heterocycles. The van der Waals surface area contributed by atoms with Crippen LogP contribution in [0.5, 0.6) is 0 Å². The van der Waals surface area contributed by atoms with Crippen molar-refractivity contribution in [3.63, 3.8) is 0 Å². The van der Waals surface area contributed by atoms with E-state index in [1.165, 1.54) is 0 Å². The summed E-state index contributed by atoms with van der Waals surface area (Å²) in [6.07, 6.45) is 0. The summed E-state index contributed by atoms with van der Waals surface area (Å²) in [5.41, 5.74) is 6.46. The van der Waals surface area contributed by atoms with Crippen LogP contribution in [0.3, 0.4) is 0 Å². The van der Waals surface area contributed by atoms with Crippen LogP contribution in [0, 0.1) is 12.3 Å². The second-order valence-electron chi connectivity index (χ2n) is 5.44. The standard InChI is InChI=1S/C14H20N4O/c1-10-4-6-12(19-10)11-5-7-13(18-17-11)16-9-14(2,3)8-15/h4-7H,8-9,15H2,1-3H3,(H,16,18). The van der Waals surface area contributed by atoms with E-state index < -0.39 is 0 Å². The Labute approximate surface area is 113 Å². The number of furan rings is 1. The van der Waals surface area contributed by atoms with Crippen molar-refractivity contribution in [2.45, 2.75) is 20.8 Å². The van der Waals surface area contributed by atoms with Gasteiger partial charge in [0.05, 0.1) is 0 Å². The molecule has 0 aliphatic carbocycles. The summed E-state index contributed by atoms with van der Waals surface area (Å²) in [7, 11) is 0. The molecular weight excluding hydrogens is 240 g/mol. The zero-order valence-corrected chi connectivity index (χ0v) is 11.6. The van der Waals surface area contributed by atoms with E-state index >= 15 is 0 Å². The molecule has 0 unspecified atom stereocenters. The highest BCUT2D eigenvalue weighted by Crippen LogP contribution is 2.20. The minimum absolute atomic E-state index is 0.0402. The molecule has 3 N–H and O–H groups in total. The number of aryl methyl sites for hydroxylation is 1. The molecule has 102 valence electrons. The summed E-state index contributed by atoms with van der Waals surface area (Å²) in [6, 6.07) is 7.59. The molecule has 2 aromatic rings. The van der Waals surface area contributed by atoms with Gasteiger partial charge in [0.25, 0.3) is 0 Å². The predicted octanol–water partition coefficient (Wildman–Crippen LogP) is 2.44. The van der Waals surface area contributed by atoms with Gasteiger partial charge in [-0.3, -0.25) is 0 Å². The van der Waals surface area contributed by atoms with Crippen LogP contribution in [-0.2, 0) is 0 Å². The first-order chi connectivity index (χ1) is 9.00. The molecule has 0 atom stereocenters. The molecule has 2 rings (SSSR count). The number of nitrogens with two attached hydrogens (primary N) is 1. The number of anilines is 1. The van der Waals surface area contributed by atoms with Gasteiger partial charge < -0.3 is 15.5 Å². The van der Waals surface area contributed by atoms with E-state index in [1.807, 2.05) is 31.2 Å². The Hall–Kier alpha value is -1.88. The van der Waals surface area contributed by atoms with Crippen LogP contribution < -0.4 is 11.1 Å². The summed E-state index contributed by atoms with van der Waals surface area (Å²) in [6.45, 7) is 7.50. The van der Waals surface area contributed by atoms with Gasteiger partial charge in [0.2, 0.25) is 0 Å². The van der Waals surface area contributed by atoms with Gasteiger partial charge in [0.1, 0.15) is 17.3 Å². The van der Waals surface area contributed by atoms with E-state index in [0.717, 1.165) is 29.6 Å². The number of nitrogens with zero attached hydrogens (tertiary/aromatic N) is 2. The number of rotatable bonds is 5. The van der Waals surface area contributed by atoms with Crippen LogP contribution in [0.4, 0.5) is 5.82 Å². The molecule has 0 aliphatic rings. The van der Waals surface area contributed by atoms with Crippen molar-refractivity contribution in [1.82, 2.24) is 10.2 Å². The number of aromatic nitrogens is 2. The van der Waals surface area contributed by atoms with Crippen molar-refractivity contribution in [3.05, 3.63) is 30.0 Å². The Morgan fingerprint density at radius 3 is 2.53 bits per heavy atom. The van der Waals surface area contributed by atoms with Crippen molar-refractivity contribution in [2.24, 2.45) is 11.1 Å². The lowest BCUT2D eigenvalue weighted by atomic mass is 9.94. The van der Waals surface area contributed by atoms with Crippen LogP contribution in [0.25, 0.3) is 11.5 Å². The van der Waals surface area contributed by atoms with Crippen molar-refractivity contribution in [3.8, 4) is 11.5 Å². The topological polar surface area (TPSA) is 77.0 Å². The fourth-order valence-corrected chi connectivity index (χ4v) is 1.53. The summed E-state index contributed by atoms with van der Waals surface area (Å²) in [4.78, 5) is 0. The lowest BCUT2D eigenvalue weighted by molar-refractivity contribution is 0.405. The highest BCUT2D eigenvalue weighted by molar-refractivity contribution is 5.53.